The molecule has 66 valence electrons. The molecular weight excluding hydrogens is 202 g/mol. The Hall–Kier alpha value is -0.860. The second-order valence-electron chi connectivity index (χ2n) is 2.78. The molecular formula is C10H8ClNS. The zero-order valence-electron chi connectivity index (χ0n) is 6.90. The Morgan fingerprint density at radius 3 is 2.62 bits per heavy atom. The second-order valence-corrected chi connectivity index (χ2v) is 4.06. The molecule has 0 saturated carbocycles. The van der Waals surface area contributed by atoms with Gasteiger partial charge in [0.15, 0.2) is 0 Å². The van der Waals surface area contributed by atoms with Gasteiger partial charge in [-0.05, 0) is 23.2 Å². The van der Waals surface area contributed by atoms with Crippen molar-refractivity contribution in [3.05, 3.63) is 52.0 Å². The van der Waals surface area contributed by atoms with Crippen molar-refractivity contribution in [1.29, 1.82) is 0 Å². The highest BCUT2D eigenvalue weighted by atomic mass is 35.5. The second kappa shape index (κ2) is 3.90. The minimum Gasteiger partial charge on any atom is -0.181 e. The van der Waals surface area contributed by atoms with Gasteiger partial charge in [0.25, 0.3) is 0 Å². The maximum absolute atomic E-state index is 5.73. The molecule has 3 heteroatoms. The van der Waals surface area contributed by atoms with Crippen molar-refractivity contribution in [2.75, 3.05) is 0 Å². The highest BCUT2D eigenvalue weighted by Crippen LogP contribution is 2.17. The molecule has 0 radical (unpaired) electrons. The lowest BCUT2D eigenvalue weighted by Gasteiger charge is -1.95. The average molecular weight is 210 g/mol. The van der Waals surface area contributed by atoms with Crippen molar-refractivity contribution >= 4 is 23.1 Å². The third-order valence-corrected chi connectivity index (χ3v) is 2.83. The van der Waals surface area contributed by atoms with Crippen LogP contribution in [0.4, 0.5) is 0 Å². The maximum Gasteiger partial charge on any atom is 0.143 e. The molecule has 0 bridgehead atoms. The van der Waals surface area contributed by atoms with Crippen molar-refractivity contribution < 1.29 is 0 Å². The lowest BCUT2D eigenvalue weighted by atomic mass is 10.1. The Kier molecular flexibility index (Phi) is 2.62. The number of rotatable bonds is 2. The van der Waals surface area contributed by atoms with Gasteiger partial charge in [0.05, 0.1) is 0 Å². The van der Waals surface area contributed by atoms with Gasteiger partial charge in [-0.15, -0.1) is 0 Å². The standard InChI is InChI=1S/C10H8ClNS/c11-10-7-9(13-12-10)6-8-4-2-1-3-5-8/h1-5,7H,6H2. The Labute approximate surface area is 86.2 Å². The molecule has 0 unspecified atom stereocenters. The molecule has 0 atom stereocenters. The van der Waals surface area contributed by atoms with Gasteiger partial charge >= 0.3 is 0 Å². The van der Waals surface area contributed by atoms with Gasteiger partial charge in [-0.25, -0.2) is 0 Å². The highest BCUT2D eigenvalue weighted by molar-refractivity contribution is 7.06. The van der Waals surface area contributed by atoms with Crippen molar-refractivity contribution in [1.82, 2.24) is 4.37 Å². The summed E-state index contributed by atoms with van der Waals surface area (Å²) < 4.78 is 4.02. The highest BCUT2D eigenvalue weighted by Gasteiger charge is 1.99. The number of aromatic nitrogens is 1. The first-order valence-corrected chi connectivity index (χ1v) is 5.15. The van der Waals surface area contributed by atoms with Gasteiger partial charge in [0.1, 0.15) is 5.15 Å². The first-order valence-electron chi connectivity index (χ1n) is 3.99. The van der Waals surface area contributed by atoms with Gasteiger partial charge in [0.2, 0.25) is 0 Å². The first kappa shape index (κ1) is 8.73. The monoisotopic (exact) mass is 209 g/mol. The van der Waals surface area contributed by atoms with E-state index in [0.29, 0.717) is 5.15 Å². The number of hydrogen-bond donors (Lipinski definition) is 0. The average Bonchev–Trinajstić information content (AvgIpc) is 2.53. The lowest BCUT2D eigenvalue weighted by molar-refractivity contribution is 1.24. The Morgan fingerprint density at radius 1 is 1.23 bits per heavy atom. The van der Waals surface area contributed by atoms with E-state index < -0.39 is 0 Å². The van der Waals surface area contributed by atoms with Gasteiger partial charge in [-0.1, -0.05) is 41.9 Å². The summed E-state index contributed by atoms with van der Waals surface area (Å²) in [5.74, 6) is 0. The van der Waals surface area contributed by atoms with E-state index in [1.807, 2.05) is 24.3 Å². The molecule has 0 aliphatic heterocycles. The van der Waals surface area contributed by atoms with Crippen LogP contribution in [-0.2, 0) is 6.42 Å². The molecule has 2 rings (SSSR count). The van der Waals surface area contributed by atoms with Crippen LogP contribution in [0.15, 0.2) is 36.4 Å². The molecule has 0 aliphatic carbocycles. The van der Waals surface area contributed by atoms with Crippen LogP contribution < -0.4 is 0 Å². The minimum atomic E-state index is 0.593. The number of nitrogens with zero attached hydrogens (tertiary/aromatic N) is 1. The molecule has 1 aromatic heterocycles. The molecule has 1 heterocycles. The summed E-state index contributed by atoms with van der Waals surface area (Å²) in [6.07, 6.45) is 0.922. The van der Waals surface area contributed by atoms with Crippen LogP contribution in [0.2, 0.25) is 5.15 Å². The predicted octanol–water partition coefficient (Wildman–Crippen LogP) is 3.39. The summed E-state index contributed by atoms with van der Waals surface area (Å²) >= 11 is 7.19. The van der Waals surface area contributed by atoms with Crippen molar-refractivity contribution in [3.63, 3.8) is 0 Å². The zero-order chi connectivity index (χ0) is 9.10. The van der Waals surface area contributed by atoms with Gasteiger partial charge < -0.3 is 0 Å². The van der Waals surface area contributed by atoms with Crippen LogP contribution in [-0.4, -0.2) is 4.37 Å². The van der Waals surface area contributed by atoms with Gasteiger partial charge in [-0.2, -0.15) is 4.37 Å². The smallest absolute Gasteiger partial charge is 0.143 e. The summed E-state index contributed by atoms with van der Waals surface area (Å²) in [7, 11) is 0. The third-order valence-electron chi connectivity index (χ3n) is 1.75. The number of halogens is 1. The van der Waals surface area contributed by atoms with Crippen LogP contribution in [0.1, 0.15) is 10.4 Å². The number of hydrogen-bond acceptors (Lipinski definition) is 2. The van der Waals surface area contributed by atoms with Crippen LogP contribution in [0.5, 0.6) is 0 Å². The van der Waals surface area contributed by atoms with Crippen molar-refractivity contribution in [2.45, 2.75) is 6.42 Å². The van der Waals surface area contributed by atoms with Crippen LogP contribution in [0, 0.1) is 0 Å². The fourth-order valence-electron chi connectivity index (χ4n) is 1.17. The van der Waals surface area contributed by atoms with Gasteiger partial charge in [-0.3, -0.25) is 0 Å². The van der Waals surface area contributed by atoms with E-state index in [1.54, 1.807) is 0 Å². The molecule has 1 aromatic carbocycles. The Bertz CT molecular complexity index is 383. The molecule has 0 saturated heterocycles. The Balaban J connectivity index is 2.15. The summed E-state index contributed by atoms with van der Waals surface area (Å²) in [5, 5.41) is 0.593. The maximum atomic E-state index is 5.73. The largest absolute Gasteiger partial charge is 0.181 e. The fraction of sp³-hybridized carbons (Fsp3) is 0.100. The van der Waals surface area contributed by atoms with E-state index >= 15 is 0 Å². The topological polar surface area (TPSA) is 12.9 Å². The van der Waals surface area contributed by atoms with Gasteiger partial charge in [0, 0.05) is 11.3 Å². The lowest BCUT2D eigenvalue weighted by Crippen LogP contribution is -1.81. The molecule has 13 heavy (non-hydrogen) atoms. The van der Waals surface area contributed by atoms with Crippen LogP contribution in [0.3, 0.4) is 0 Å². The van der Waals surface area contributed by atoms with E-state index in [9.17, 15) is 0 Å². The minimum absolute atomic E-state index is 0.593. The summed E-state index contributed by atoms with van der Waals surface area (Å²) in [6, 6.07) is 12.2. The SMILES string of the molecule is Clc1cc(Cc2ccccc2)sn1. The zero-order valence-corrected chi connectivity index (χ0v) is 8.48. The normalized spacial score (nSPS) is 10.2. The molecule has 1 nitrogen and oxygen atoms in total. The van der Waals surface area contributed by atoms with Crippen molar-refractivity contribution in [2.24, 2.45) is 0 Å². The molecule has 0 fully saturated rings. The fourth-order valence-corrected chi connectivity index (χ4v) is 2.12. The molecule has 0 amide bonds. The Morgan fingerprint density at radius 2 is 2.00 bits per heavy atom. The molecule has 0 spiro atoms. The third kappa shape index (κ3) is 2.29. The van der Waals surface area contributed by atoms with E-state index in [1.165, 1.54) is 22.0 Å². The molecule has 0 N–H and O–H groups in total. The first-order chi connectivity index (χ1) is 6.34. The van der Waals surface area contributed by atoms with E-state index in [4.69, 9.17) is 11.6 Å². The molecule has 2 aromatic rings. The van der Waals surface area contributed by atoms with Crippen LogP contribution >= 0.6 is 23.1 Å². The predicted molar refractivity (Wildman–Crippen MR) is 56.4 cm³/mol. The number of benzene rings is 1. The van der Waals surface area contributed by atoms with E-state index in [2.05, 4.69) is 16.5 Å². The van der Waals surface area contributed by atoms with Crippen LogP contribution in [0.25, 0.3) is 0 Å². The van der Waals surface area contributed by atoms with E-state index in [0.717, 1.165) is 6.42 Å². The van der Waals surface area contributed by atoms with E-state index in [-0.39, 0.29) is 0 Å². The molecule has 0 aliphatic rings. The van der Waals surface area contributed by atoms with Crippen molar-refractivity contribution in [3.8, 4) is 0 Å². The summed E-state index contributed by atoms with van der Waals surface area (Å²) in [4.78, 5) is 1.20. The quantitative estimate of drug-likeness (QED) is 0.739. The summed E-state index contributed by atoms with van der Waals surface area (Å²) in [6.45, 7) is 0. The summed E-state index contributed by atoms with van der Waals surface area (Å²) in [5.41, 5.74) is 1.29.